The lowest BCUT2D eigenvalue weighted by Gasteiger charge is -2.12. The summed E-state index contributed by atoms with van der Waals surface area (Å²) in [6.07, 6.45) is 1.62. The van der Waals surface area contributed by atoms with E-state index in [2.05, 4.69) is 26.2 Å². The van der Waals surface area contributed by atoms with Crippen molar-refractivity contribution < 1.29 is 14.3 Å². The van der Waals surface area contributed by atoms with Crippen LogP contribution >= 0.6 is 11.8 Å². The maximum absolute atomic E-state index is 13.4. The minimum Gasteiger partial charge on any atom is -0.497 e. The van der Waals surface area contributed by atoms with Gasteiger partial charge in [-0.2, -0.15) is 4.68 Å². The van der Waals surface area contributed by atoms with Crippen molar-refractivity contribution in [2.75, 3.05) is 12.4 Å². The maximum Gasteiger partial charge on any atom is 0.272 e. The zero-order valence-corrected chi connectivity index (χ0v) is 22.9. The van der Waals surface area contributed by atoms with E-state index in [1.54, 1.807) is 72.5 Å². The van der Waals surface area contributed by atoms with Gasteiger partial charge < -0.3 is 15.4 Å². The molecule has 0 aliphatic rings. The van der Waals surface area contributed by atoms with Gasteiger partial charge in [0.15, 0.2) is 5.82 Å². The first kappa shape index (κ1) is 27.4. The van der Waals surface area contributed by atoms with Gasteiger partial charge in [0, 0.05) is 16.1 Å². The van der Waals surface area contributed by atoms with Crippen molar-refractivity contribution in [2.45, 2.75) is 10.6 Å². The van der Waals surface area contributed by atoms with Crippen molar-refractivity contribution in [3.8, 4) is 11.4 Å². The number of carbonyl (C=O) groups excluding carboxylic acids is 2. The molecular formula is C31H26N6O3S. The van der Waals surface area contributed by atoms with Gasteiger partial charge >= 0.3 is 0 Å². The molecule has 4 aromatic carbocycles. The standard InChI is InChI=1S/C31H26N6O3S/c1-40-26-17-15-22(16-18-26)19-28(33-30(38)23-9-4-2-5-10-23)31(39)32-24-11-8-14-27(20-24)41-21-29-34-35-36-37(29)25-12-6-3-7-13-25/h2-20H,21H2,1H3,(H,32,39)(H,33,38)/b28-19+. The number of para-hydroxylation sites is 1. The first-order valence-electron chi connectivity index (χ1n) is 12.7. The second-order valence-electron chi connectivity index (χ2n) is 8.76. The molecule has 9 nitrogen and oxygen atoms in total. The van der Waals surface area contributed by atoms with Crippen LogP contribution in [0.2, 0.25) is 0 Å². The van der Waals surface area contributed by atoms with Crippen LogP contribution in [-0.2, 0) is 10.5 Å². The molecule has 0 unspecified atom stereocenters. The molecule has 1 heterocycles. The number of benzene rings is 4. The fourth-order valence-electron chi connectivity index (χ4n) is 3.88. The Hall–Kier alpha value is -5.22. The number of anilines is 1. The van der Waals surface area contributed by atoms with Crippen LogP contribution in [0.15, 0.2) is 120 Å². The van der Waals surface area contributed by atoms with Crippen LogP contribution in [0.4, 0.5) is 5.69 Å². The molecule has 0 saturated carbocycles. The number of methoxy groups -OCH3 is 1. The quantitative estimate of drug-likeness (QED) is 0.174. The van der Waals surface area contributed by atoms with Crippen molar-refractivity contribution in [3.63, 3.8) is 0 Å². The number of aromatic nitrogens is 4. The van der Waals surface area contributed by atoms with Gasteiger partial charge in [0.2, 0.25) is 0 Å². The van der Waals surface area contributed by atoms with Gasteiger partial charge in [0.05, 0.1) is 18.6 Å². The minimum absolute atomic E-state index is 0.101. The van der Waals surface area contributed by atoms with Crippen LogP contribution in [-0.4, -0.2) is 39.1 Å². The van der Waals surface area contributed by atoms with Crippen molar-refractivity contribution in [3.05, 3.63) is 132 Å². The lowest BCUT2D eigenvalue weighted by atomic mass is 10.1. The van der Waals surface area contributed by atoms with Gasteiger partial charge in [0.25, 0.3) is 11.8 Å². The van der Waals surface area contributed by atoms with E-state index in [0.29, 0.717) is 28.6 Å². The van der Waals surface area contributed by atoms with E-state index in [1.807, 2.05) is 54.6 Å². The van der Waals surface area contributed by atoms with Gasteiger partial charge in [-0.1, -0.05) is 54.6 Å². The fraction of sp³-hybridized carbons (Fsp3) is 0.0645. The SMILES string of the molecule is COc1ccc(/C=C(/NC(=O)c2ccccc2)C(=O)Nc2cccc(SCc3nnnn3-c3ccccc3)c2)cc1. The summed E-state index contributed by atoms with van der Waals surface area (Å²) in [6, 6.07) is 33.1. The Morgan fingerprint density at radius 3 is 2.37 bits per heavy atom. The Labute approximate surface area is 241 Å². The molecule has 0 radical (unpaired) electrons. The second-order valence-corrected chi connectivity index (χ2v) is 9.81. The summed E-state index contributed by atoms with van der Waals surface area (Å²) < 4.78 is 6.92. The Morgan fingerprint density at radius 1 is 0.902 bits per heavy atom. The summed E-state index contributed by atoms with van der Waals surface area (Å²) in [4.78, 5) is 27.2. The largest absolute Gasteiger partial charge is 0.497 e. The van der Waals surface area contributed by atoms with Crippen LogP contribution in [0, 0.1) is 0 Å². The number of ether oxygens (including phenoxy) is 1. The summed E-state index contributed by atoms with van der Waals surface area (Å²) in [5, 5.41) is 17.8. The lowest BCUT2D eigenvalue weighted by molar-refractivity contribution is -0.113. The number of tetrazole rings is 1. The van der Waals surface area contributed by atoms with E-state index < -0.39 is 5.91 Å². The fourth-order valence-corrected chi connectivity index (χ4v) is 4.75. The number of thioether (sulfide) groups is 1. The summed E-state index contributed by atoms with van der Waals surface area (Å²) >= 11 is 1.54. The molecular weight excluding hydrogens is 536 g/mol. The Kier molecular flexibility index (Phi) is 8.82. The molecule has 41 heavy (non-hydrogen) atoms. The monoisotopic (exact) mass is 562 g/mol. The zero-order chi connectivity index (χ0) is 28.4. The van der Waals surface area contributed by atoms with Crippen molar-refractivity contribution >= 4 is 35.3 Å². The molecule has 2 N–H and O–H groups in total. The van der Waals surface area contributed by atoms with Gasteiger partial charge in [-0.15, -0.1) is 16.9 Å². The van der Waals surface area contributed by atoms with Crippen LogP contribution in [0.5, 0.6) is 5.75 Å². The zero-order valence-electron chi connectivity index (χ0n) is 22.1. The number of nitrogens with zero attached hydrogens (tertiary/aromatic N) is 4. The third-order valence-corrected chi connectivity index (χ3v) is 6.94. The maximum atomic E-state index is 13.4. The smallest absolute Gasteiger partial charge is 0.272 e. The topological polar surface area (TPSA) is 111 Å². The predicted octanol–water partition coefficient (Wildman–Crippen LogP) is 5.37. The molecule has 5 rings (SSSR count). The van der Waals surface area contributed by atoms with Crippen LogP contribution in [0.3, 0.4) is 0 Å². The first-order valence-corrected chi connectivity index (χ1v) is 13.7. The molecule has 10 heteroatoms. The van der Waals surface area contributed by atoms with E-state index in [1.165, 1.54) is 11.8 Å². The van der Waals surface area contributed by atoms with E-state index in [4.69, 9.17) is 4.74 Å². The second kappa shape index (κ2) is 13.2. The lowest BCUT2D eigenvalue weighted by Crippen LogP contribution is -2.30. The Bertz CT molecular complexity index is 1650. The highest BCUT2D eigenvalue weighted by Crippen LogP contribution is 2.25. The average molecular weight is 563 g/mol. The van der Waals surface area contributed by atoms with Crippen LogP contribution in [0.25, 0.3) is 11.8 Å². The third-order valence-electron chi connectivity index (χ3n) is 5.95. The summed E-state index contributed by atoms with van der Waals surface area (Å²) in [7, 11) is 1.58. The number of nitrogens with one attached hydrogen (secondary N) is 2. The minimum atomic E-state index is -0.458. The molecule has 0 fully saturated rings. The average Bonchev–Trinajstić information content (AvgIpc) is 3.50. The van der Waals surface area contributed by atoms with Gasteiger partial charge in [-0.3, -0.25) is 9.59 Å². The molecule has 0 atom stereocenters. The molecule has 2 amide bonds. The summed E-state index contributed by atoms with van der Waals surface area (Å²) in [5.74, 6) is 1.06. The van der Waals surface area contributed by atoms with E-state index >= 15 is 0 Å². The predicted molar refractivity (Wildman–Crippen MR) is 159 cm³/mol. The Morgan fingerprint density at radius 2 is 1.63 bits per heavy atom. The van der Waals surface area contributed by atoms with Crippen molar-refractivity contribution in [1.82, 2.24) is 25.5 Å². The molecule has 0 bridgehead atoms. The first-order chi connectivity index (χ1) is 20.1. The summed E-state index contributed by atoms with van der Waals surface area (Å²) in [5.41, 5.74) is 2.73. The van der Waals surface area contributed by atoms with Gasteiger partial charge in [-0.25, -0.2) is 0 Å². The molecule has 0 aliphatic heterocycles. The van der Waals surface area contributed by atoms with Gasteiger partial charge in [0.1, 0.15) is 11.4 Å². The molecule has 5 aromatic rings. The molecule has 0 spiro atoms. The molecule has 1 aromatic heterocycles. The number of hydrogen-bond acceptors (Lipinski definition) is 7. The van der Waals surface area contributed by atoms with Gasteiger partial charge in [-0.05, 0) is 76.7 Å². The molecule has 0 aliphatic carbocycles. The van der Waals surface area contributed by atoms with E-state index in [-0.39, 0.29) is 11.6 Å². The highest BCUT2D eigenvalue weighted by Gasteiger charge is 2.16. The van der Waals surface area contributed by atoms with Crippen LogP contribution < -0.4 is 15.4 Å². The van der Waals surface area contributed by atoms with E-state index in [9.17, 15) is 9.59 Å². The normalized spacial score (nSPS) is 11.1. The third kappa shape index (κ3) is 7.25. The number of hydrogen-bond donors (Lipinski definition) is 2. The van der Waals surface area contributed by atoms with Crippen molar-refractivity contribution in [2.24, 2.45) is 0 Å². The van der Waals surface area contributed by atoms with Crippen LogP contribution in [0.1, 0.15) is 21.7 Å². The van der Waals surface area contributed by atoms with Crippen molar-refractivity contribution in [1.29, 1.82) is 0 Å². The molecule has 204 valence electrons. The van der Waals surface area contributed by atoms with E-state index in [0.717, 1.165) is 16.1 Å². The summed E-state index contributed by atoms with van der Waals surface area (Å²) in [6.45, 7) is 0. The Balaban J connectivity index is 1.31. The number of rotatable bonds is 10. The molecule has 0 saturated heterocycles. The highest BCUT2D eigenvalue weighted by atomic mass is 32.2. The highest BCUT2D eigenvalue weighted by molar-refractivity contribution is 7.98. The number of amides is 2. The number of carbonyl (C=O) groups is 2.